The van der Waals surface area contributed by atoms with E-state index in [1.54, 1.807) is 12.3 Å². The summed E-state index contributed by atoms with van der Waals surface area (Å²) in [6.07, 6.45) is 3.81. The van der Waals surface area contributed by atoms with E-state index in [4.69, 9.17) is 16.3 Å². The number of hydrogen-bond acceptors (Lipinski definition) is 4. The van der Waals surface area contributed by atoms with Gasteiger partial charge < -0.3 is 10.1 Å². The molecule has 1 saturated carbocycles. The SMILES string of the molecule is Clc1cccc(C2CC(Nc3nccc(Oc4ccccc4)n3)C2)c1. The number of halogens is 1. The van der Waals surface area contributed by atoms with Gasteiger partial charge in [-0.05, 0) is 48.6 Å². The van der Waals surface area contributed by atoms with Crippen molar-refractivity contribution in [3.8, 4) is 11.6 Å². The summed E-state index contributed by atoms with van der Waals surface area (Å²) in [4.78, 5) is 8.73. The van der Waals surface area contributed by atoms with Crippen LogP contribution in [0.25, 0.3) is 0 Å². The molecule has 1 fully saturated rings. The summed E-state index contributed by atoms with van der Waals surface area (Å²) in [7, 11) is 0. The molecule has 4 rings (SSSR count). The highest BCUT2D eigenvalue weighted by Crippen LogP contribution is 2.38. The Morgan fingerprint density at radius 3 is 2.64 bits per heavy atom. The Labute approximate surface area is 151 Å². The van der Waals surface area contributed by atoms with E-state index in [1.165, 1.54) is 5.56 Å². The summed E-state index contributed by atoms with van der Waals surface area (Å²) in [6, 6.07) is 19.8. The van der Waals surface area contributed by atoms with E-state index in [-0.39, 0.29) is 0 Å². The minimum Gasteiger partial charge on any atom is -0.439 e. The van der Waals surface area contributed by atoms with Crippen LogP contribution in [0.5, 0.6) is 11.6 Å². The molecule has 0 aliphatic heterocycles. The Bertz CT molecular complexity index is 850. The summed E-state index contributed by atoms with van der Waals surface area (Å²) in [5.74, 6) is 2.44. The maximum atomic E-state index is 6.07. The summed E-state index contributed by atoms with van der Waals surface area (Å²) in [6.45, 7) is 0. The van der Waals surface area contributed by atoms with Crippen LogP contribution in [0.2, 0.25) is 5.02 Å². The van der Waals surface area contributed by atoms with Gasteiger partial charge in [-0.1, -0.05) is 41.9 Å². The van der Waals surface area contributed by atoms with Crippen LogP contribution < -0.4 is 10.1 Å². The Hall–Kier alpha value is -2.59. The summed E-state index contributed by atoms with van der Waals surface area (Å²) in [5.41, 5.74) is 1.30. The number of nitrogens with zero attached hydrogens (tertiary/aromatic N) is 2. The molecular formula is C20H18ClN3O. The predicted octanol–water partition coefficient (Wildman–Crippen LogP) is 5.28. The fourth-order valence-electron chi connectivity index (χ4n) is 3.03. The number of nitrogens with one attached hydrogen (secondary N) is 1. The lowest BCUT2D eigenvalue weighted by Crippen LogP contribution is -2.34. The second-order valence-corrected chi connectivity index (χ2v) is 6.63. The minimum absolute atomic E-state index is 0.371. The number of ether oxygens (including phenoxy) is 1. The molecule has 0 bridgehead atoms. The van der Waals surface area contributed by atoms with Crippen LogP contribution in [-0.4, -0.2) is 16.0 Å². The first kappa shape index (κ1) is 15.9. The van der Waals surface area contributed by atoms with Crippen molar-refractivity contribution in [1.82, 2.24) is 9.97 Å². The first-order chi connectivity index (χ1) is 12.3. The number of anilines is 1. The average molecular weight is 352 g/mol. The minimum atomic E-state index is 0.371. The number of aromatic nitrogens is 2. The van der Waals surface area contributed by atoms with Gasteiger partial charge in [0.25, 0.3) is 0 Å². The van der Waals surface area contributed by atoms with Crippen LogP contribution >= 0.6 is 11.6 Å². The maximum Gasteiger partial charge on any atom is 0.226 e. The average Bonchev–Trinajstić information content (AvgIpc) is 2.59. The third kappa shape index (κ3) is 3.91. The number of benzene rings is 2. The molecule has 0 radical (unpaired) electrons. The van der Waals surface area contributed by atoms with Crippen LogP contribution in [0.4, 0.5) is 5.95 Å². The van der Waals surface area contributed by atoms with Gasteiger partial charge in [0.05, 0.1) is 0 Å². The van der Waals surface area contributed by atoms with Gasteiger partial charge >= 0.3 is 0 Å². The lowest BCUT2D eigenvalue weighted by atomic mass is 9.76. The standard InChI is InChI=1S/C20H18ClN3O/c21-16-6-4-5-14(11-16)15-12-17(13-15)23-20-22-10-9-19(24-20)25-18-7-2-1-3-8-18/h1-11,15,17H,12-13H2,(H,22,23,24). The maximum absolute atomic E-state index is 6.07. The Morgan fingerprint density at radius 1 is 1.00 bits per heavy atom. The highest BCUT2D eigenvalue weighted by molar-refractivity contribution is 6.30. The molecule has 25 heavy (non-hydrogen) atoms. The molecule has 1 aromatic heterocycles. The van der Waals surface area contributed by atoms with Crippen molar-refractivity contribution in [2.24, 2.45) is 0 Å². The van der Waals surface area contributed by atoms with E-state index in [0.717, 1.165) is 23.6 Å². The monoisotopic (exact) mass is 351 g/mol. The van der Waals surface area contributed by atoms with Gasteiger partial charge in [-0.25, -0.2) is 4.98 Å². The fraction of sp³-hybridized carbons (Fsp3) is 0.200. The molecule has 1 aliphatic rings. The van der Waals surface area contributed by atoms with E-state index < -0.39 is 0 Å². The molecule has 0 saturated heterocycles. The summed E-state index contributed by atoms with van der Waals surface area (Å²) in [5, 5.41) is 4.18. The first-order valence-electron chi connectivity index (χ1n) is 8.34. The molecule has 126 valence electrons. The van der Waals surface area contributed by atoms with Crippen molar-refractivity contribution in [2.45, 2.75) is 24.8 Å². The normalized spacial score (nSPS) is 19.1. The van der Waals surface area contributed by atoms with E-state index in [9.17, 15) is 0 Å². The third-order valence-electron chi connectivity index (χ3n) is 4.39. The van der Waals surface area contributed by atoms with Crippen LogP contribution in [-0.2, 0) is 0 Å². The topological polar surface area (TPSA) is 47.0 Å². The van der Waals surface area contributed by atoms with Gasteiger partial charge in [0.2, 0.25) is 11.8 Å². The van der Waals surface area contributed by atoms with Crippen LogP contribution in [0.1, 0.15) is 24.3 Å². The van der Waals surface area contributed by atoms with Gasteiger partial charge in [0.15, 0.2) is 0 Å². The number of hydrogen-bond donors (Lipinski definition) is 1. The zero-order valence-corrected chi connectivity index (χ0v) is 14.4. The van der Waals surface area contributed by atoms with Crippen molar-refractivity contribution in [2.75, 3.05) is 5.32 Å². The fourth-order valence-corrected chi connectivity index (χ4v) is 3.23. The van der Waals surface area contributed by atoms with Gasteiger partial charge in [-0.15, -0.1) is 0 Å². The van der Waals surface area contributed by atoms with E-state index in [1.807, 2.05) is 48.5 Å². The molecule has 5 heteroatoms. The highest BCUT2D eigenvalue weighted by Gasteiger charge is 2.30. The smallest absolute Gasteiger partial charge is 0.226 e. The molecule has 0 amide bonds. The predicted molar refractivity (Wildman–Crippen MR) is 99.4 cm³/mol. The largest absolute Gasteiger partial charge is 0.439 e. The number of para-hydroxylation sites is 1. The second kappa shape index (κ2) is 7.11. The molecule has 3 aromatic rings. The Kier molecular flexibility index (Phi) is 4.53. The van der Waals surface area contributed by atoms with Gasteiger partial charge in [-0.3, -0.25) is 0 Å². The summed E-state index contributed by atoms with van der Waals surface area (Å²) < 4.78 is 5.75. The van der Waals surface area contributed by atoms with Crippen LogP contribution in [0, 0.1) is 0 Å². The molecule has 1 aliphatic carbocycles. The second-order valence-electron chi connectivity index (χ2n) is 6.20. The highest BCUT2D eigenvalue weighted by atomic mass is 35.5. The van der Waals surface area contributed by atoms with E-state index in [0.29, 0.717) is 23.8 Å². The summed E-state index contributed by atoms with van der Waals surface area (Å²) >= 11 is 6.07. The first-order valence-corrected chi connectivity index (χ1v) is 8.72. The molecule has 1 heterocycles. The van der Waals surface area contributed by atoms with Crippen LogP contribution in [0.15, 0.2) is 66.9 Å². The van der Waals surface area contributed by atoms with Crippen molar-refractivity contribution < 1.29 is 4.74 Å². The van der Waals surface area contributed by atoms with Crippen molar-refractivity contribution in [3.63, 3.8) is 0 Å². The molecule has 1 N–H and O–H groups in total. The van der Waals surface area contributed by atoms with Gasteiger partial charge in [0, 0.05) is 23.3 Å². The zero-order chi connectivity index (χ0) is 17.1. The lowest BCUT2D eigenvalue weighted by molar-refractivity contribution is 0.372. The van der Waals surface area contributed by atoms with Crippen molar-refractivity contribution >= 4 is 17.5 Å². The molecule has 4 nitrogen and oxygen atoms in total. The van der Waals surface area contributed by atoms with Crippen molar-refractivity contribution in [1.29, 1.82) is 0 Å². The van der Waals surface area contributed by atoms with E-state index >= 15 is 0 Å². The lowest BCUT2D eigenvalue weighted by Gasteiger charge is -2.36. The quantitative estimate of drug-likeness (QED) is 0.679. The number of rotatable bonds is 5. The Morgan fingerprint density at radius 2 is 1.84 bits per heavy atom. The van der Waals surface area contributed by atoms with Crippen molar-refractivity contribution in [3.05, 3.63) is 77.4 Å². The molecular weight excluding hydrogens is 334 g/mol. The molecule has 0 atom stereocenters. The Balaban J connectivity index is 1.35. The van der Waals surface area contributed by atoms with E-state index in [2.05, 4.69) is 21.4 Å². The van der Waals surface area contributed by atoms with Gasteiger partial charge in [0.1, 0.15) is 5.75 Å². The molecule has 0 unspecified atom stereocenters. The third-order valence-corrected chi connectivity index (χ3v) is 4.62. The zero-order valence-electron chi connectivity index (χ0n) is 13.6. The van der Waals surface area contributed by atoms with Gasteiger partial charge in [-0.2, -0.15) is 4.98 Å². The molecule has 2 aromatic carbocycles. The molecule has 0 spiro atoms. The van der Waals surface area contributed by atoms with Crippen LogP contribution in [0.3, 0.4) is 0 Å².